The van der Waals surface area contributed by atoms with Crippen molar-refractivity contribution in [2.45, 2.75) is 13.0 Å². The molecule has 0 saturated heterocycles. The van der Waals surface area contributed by atoms with Gasteiger partial charge in [-0.1, -0.05) is 17.7 Å². The predicted octanol–water partition coefficient (Wildman–Crippen LogP) is 4.72. The lowest BCUT2D eigenvalue weighted by Gasteiger charge is -2.06. The van der Waals surface area contributed by atoms with Gasteiger partial charge in [0.1, 0.15) is 11.3 Å². The maximum atomic E-state index is 13.8. The third-order valence-corrected chi connectivity index (χ3v) is 4.47. The van der Waals surface area contributed by atoms with Gasteiger partial charge in [-0.3, -0.25) is 0 Å². The molecule has 0 aliphatic heterocycles. The molecular weight excluding hydrogens is 318 g/mol. The average Bonchev–Trinajstić information content (AvgIpc) is 2.97. The van der Waals surface area contributed by atoms with Crippen molar-refractivity contribution in [1.82, 2.24) is 9.55 Å². The monoisotopic (exact) mass is 328 g/mol. The molecule has 0 unspecified atom stereocenters. The van der Waals surface area contributed by atoms with Crippen molar-refractivity contribution in [2.75, 3.05) is 5.88 Å². The van der Waals surface area contributed by atoms with Crippen LogP contribution in [0.25, 0.3) is 11.0 Å². The van der Waals surface area contributed by atoms with Crippen LogP contribution in [0.2, 0.25) is 4.34 Å². The zero-order valence-corrected chi connectivity index (χ0v) is 12.8. The fourth-order valence-corrected chi connectivity index (χ4v) is 3.45. The molecular formula is C14H11Cl2FN2S. The second-order valence-electron chi connectivity index (χ2n) is 4.37. The number of aromatic nitrogens is 2. The number of halogens is 3. The number of nitrogens with zero attached hydrogens (tertiary/aromatic N) is 2. The summed E-state index contributed by atoms with van der Waals surface area (Å²) in [6, 6.07) is 8.83. The van der Waals surface area contributed by atoms with E-state index in [1.54, 1.807) is 6.07 Å². The van der Waals surface area contributed by atoms with Crippen LogP contribution in [0.1, 0.15) is 10.7 Å². The molecule has 20 heavy (non-hydrogen) atoms. The van der Waals surface area contributed by atoms with E-state index in [1.165, 1.54) is 17.4 Å². The molecule has 0 aliphatic carbocycles. The maximum Gasteiger partial charge on any atom is 0.151 e. The Hall–Kier alpha value is -1.10. The molecule has 2 aromatic heterocycles. The highest BCUT2D eigenvalue weighted by atomic mass is 35.5. The molecule has 0 bridgehead atoms. The first-order valence-electron chi connectivity index (χ1n) is 6.13. The van der Waals surface area contributed by atoms with Crippen LogP contribution < -0.4 is 0 Å². The molecule has 3 rings (SSSR count). The summed E-state index contributed by atoms with van der Waals surface area (Å²) in [6.45, 7) is 0.629. The summed E-state index contributed by atoms with van der Waals surface area (Å²) in [4.78, 5) is 5.49. The number of thiophene rings is 1. The summed E-state index contributed by atoms with van der Waals surface area (Å²) < 4.78 is 16.6. The minimum absolute atomic E-state index is 0.304. The Bertz CT molecular complexity index is 751. The Morgan fingerprint density at radius 3 is 2.80 bits per heavy atom. The van der Waals surface area contributed by atoms with Gasteiger partial charge < -0.3 is 4.57 Å². The quantitative estimate of drug-likeness (QED) is 0.633. The summed E-state index contributed by atoms with van der Waals surface area (Å²) in [5.41, 5.74) is 1.19. The molecule has 0 saturated carbocycles. The van der Waals surface area contributed by atoms with Crippen molar-refractivity contribution in [3.05, 3.63) is 51.2 Å². The van der Waals surface area contributed by atoms with E-state index >= 15 is 0 Å². The van der Waals surface area contributed by atoms with Crippen molar-refractivity contribution in [2.24, 2.45) is 0 Å². The van der Waals surface area contributed by atoms with Gasteiger partial charge in [0.2, 0.25) is 0 Å². The van der Waals surface area contributed by atoms with Crippen LogP contribution >= 0.6 is 34.5 Å². The van der Waals surface area contributed by atoms with E-state index in [0.29, 0.717) is 24.4 Å². The second-order valence-corrected chi connectivity index (χ2v) is 6.54. The lowest BCUT2D eigenvalue weighted by molar-refractivity contribution is 0.637. The number of aryl methyl sites for hydroxylation is 1. The third-order valence-electron chi connectivity index (χ3n) is 3.07. The zero-order valence-electron chi connectivity index (χ0n) is 10.4. The van der Waals surface area contributed by atoms with Gasteiger partial charge in [-0.05, 0) is 24.3 Å². The second kappa shape index (κ2) is 5.72. The van der Waals surface area contributed by atoms with Crippen molar-refractivity contribution in [3.8, 4) is 0 Å². The number of alkyl halides is 1. The largest absolute Gasteiger partial charge is 0.323 e. The molecule has 0 spiro atoms. The van der Waals surface area contributed by atoms with E-state index in [0.717, 1.165) is 20.6 Å². The summed E-state index contributed by atoms with van der Waals surface area (Å²) >= 11 is 13.3. The first-order valence-corrected chi connectivity index (χ1v) is 7.85. The fraction of sp³-hybridized carbons (Fsp3) is 0.214. The van der Waals surface area contributed by atoms with Crippen LogP contribution in [-0.2, 0) is 13.0 Å². The first kappa shape index (κ1) is 13.9. The van der Waals surface area contributed by atoms with Gasteiger partial charge in [-0.15, -0.1) is 22.9 Å². The summed E-state index contributed by atoms with van der Waals surface area (Å²) in [5, 5.41) is 0. The van der Waals surface area contributed by atoms with Crippen molar-refractivity contribution in [3.63, 3.8) is 0 Å². The van der Waals surface area contributed by atoms with E-state index in [-0.39, 0.29) is 5.82 Å². The Labute approximate surface area is 129 Å². The minimum Gasteiger partial charge on any atom is -0.323 e. The number of rotatable bonds is 4. The Morgan fingerprint density at radius 2 is 2.10 bits per heavy atom. The highest BCUT2D eigenvalue weighted by molar-refractivity contribution is 7.16. The van der Waals surface area contributed by atoms with E-state index in [2.05, 4.69) is 4.98 Å². The minimum atomic E-state index is -0.304. The van der Waals surface area contributed by atoms with Gasteiger partial charge in [-0.25, -0.2) is 9.37 Å². The number of imidazole rings is 1. The molecule has 0 radical (unpaired) electrons. The molecule has 3 aromatic rings. The van der Waals surface area contributed by atoms with Gasteiger partial charge in [-0.2, -0.15) is 0 Å². The topological polar surface area (TPSA) is 17.8 Å². The first-order chi connectivity index (χ1) is 9.69. The van der Waals surface area contributed by atoms with Crippen LogP contribution in [0.4, 0.5) is 4.39 Å². The SMILES string of the molecule is Fc1cccc2c1nc(CCCl)n2Cc1ccc(Cl)s1. The van der Waals surface area contributed by atoms with Crippen molar-refractivity contribution in [1.29, 1.82) is 0 Å². The molecule has 2 heterocycles. The predicted molar refractivity (Wildman–Crippen MR) is 82.5 cm³/mol. The average molecular weight is 329 g/mol. The lowest BCUT2D eigenvalue weighted by atomic mass is 10.3. The van der Waals surface area contributed by atoms with Gasteiger partial charge >= 0.3 is 0 Å². The van der Waals surface area contributed by atoms with Gasteiger partial charge in [0.05, 0.1) is 16.4 Å². The summed E-state index contributed by atoms with van der Waals surface area (Å²) in [6.07, 6.45) is 0.606. The Morgan fingerprint density at radius 1 is 1.25 bits per heavy atom. The number of hydrogen-bond donors (Lipinski definition) is 0. The molecule has 0 N–H and O–H groups in total. The van der Waals surface area contributed by atoms with E-state index in [9.17, 15) is 4.39 Å². The fourth-order valence-electron chi connectivity index (χ4n) is 2.21. The molecule has 0 atom stereocenters. The zero-order chi connectivity index (χ0) is 14.1. The third kappa shape index (κ3) is 2.55. The molecule has 104 valence electrons. The van der Waals surface area contributed by atoms with E-state index in [4.69, 9.17) is 23.2 Å². The normalized spacial score (nSPS) is 11.3. The van der Waals surface area contributed by atoms with Crippen LogP contribution in [0.15, 0.2) is 30.3 Å². The van der Waals surface area contributed by atoms with E-state index in [1.807, 2.05) is 22.8 Å². The van der Waals surface area contributed by atoms with Crippen LogP contribution in [0, 0.1) is 5.82 Å². The molecule has 1 aromatic carbocycles. The van der Waals surface area contributed by atoms with Crippen LogP contribution in [0.3, 0.4) is 0 Å². The lowest BCUT2D eigenvalue weighted by Crippen LogP contribution is -2.04. The number of benzene rings is 1. The highest BCUT2D eigenvalue weighted by Crippen LogP contribution is 2.26. The molecule has 2 nitrogen and oxygen atoms in total. The molecule has 6 heteroatoms. The maximum absolute atomic E-state index is 13.8. The summed E-state index contributed by atoms with van der Waals surface area (Å²) in [7, 11) is 0. The van der Waals surface area contributed by atoms with Crippen molar-refractivity contribution >= 4 is 45.6 Å². The smallest absolute Gasteiger partial charge is 0.151 e. The number of hydrogen-bond acceptors (Lipinski definition) is 2. The van der Waals surface area contributed by atoms with Gasteiger partial charge in [0, 0.05) is 17.2 Å². The van der Waals surface area contributed by atoms with Gasteiger partial charge in [0.25, 0.3) is 0 Å². The molecule has 0 amide bonds. The van der Waals surface area contributed by atoms with Crippen molar-refractivity contribution < 1.29 is 4.39 Å². The van der Waals surface area contributed by atoms with Crippen LogP contribution in [0.5, 0.6) is 0 Å². The highest BCUT2D eigenvalue weighted by Gasteiger charge is 2.14. The van der Waals surface area contributed by atoms with Gasteiger partial charge in [0.15, 0.2) is 5.82 Å². The number of fused-ring (bicyclic) bond motifs is 1. The molecule has 0 aliphatic rings. The van der Waals surface area contributed by atoms with E-state index < -0.39 is 0 Å². The Kier molecular flexibility index (Phi) is 3.96. The Balaban J connectivity index is 2.11. The van der Waals surface area contributed by atoms with Crippen LogP contribution in [-0.4, -0.2) is 15.4 Å². The standard InChI is InChI=1S/C14H11Cl2FN2S/c15-7-6-13-18-14-10(17)2-1-3-11(14)19(13)8-9-4-5-12(16)20-9/h1-5H,6-8H2. The number of para-hydroxylation sites is 1. The summed E-state index contributed by atoms with van der Waals surface area (Å²) in [5.74, 6) is 0.946. The molecule has 0 fully saturated rings.